The molecule has 5 heteroatoms. The molecular formula is C20H27BrN2O2. The SMILES string of the molecule is CCCCCCCCN1C(=O)[C@@H]2CCCN2C(=O)c2cc(Br)ccc21. The van der Waals surface area contributed by atoms with Crippen LogP contribution in [-0.4, -0.2) is 35.8 Å². The molecule has 0 aromatic heterocycles. The predicted molar refractivity (Wildman–Crippen MR) is 104 cm³/mol. The second-order valence-electron chi connectivity index (χ2n) is 7.08. The number of amides is 2. The Morgan fingerprint density at radius 1 is 1.12 bits per heavy atom. The van der Waals surface area contributed by atoms with Crippen LogP contribution in [0.15, 0.2) is 22.7 Å². The Morgan fingerprint density at radius 3 is 2.68 bits per heavy atom. The van der Waals surface area contributed by atoms with Crippen LogP contribution in [0.3, 0.4) is 0 Å². The van der Waals surface area contributed by atoms with Gasteiger partial charge in [-0.15, -0.1) is 0 Å². The largest absolute Gasteiger partial charge is 0.327 e. The van der Waals surface area contributed by atoms with Crippen LogP contribution < -0.4 is 4.90 Å². The minimum Gasteiger partial charge on any atom is -0.327 e. The molecule has 1 fully saturated rings. The van der Waals surface area contributed by atoms with Crippen LogP contribution in [0, 0.1) is 0 Å². The van der Waals surface area contributed by atoms with Crippen LogP contribution in [-0.2, 0) is 4.79 Å². The normalized spacial score (nSPS) is 19.8. The Hall–Kier alpha value is -1.36. The fourth-order valence-electron chi connectivity index (χ4n) is 3.92. The summed E-state index contributed by atoms with van der Waals surface area (Å²) in [5, 5.41) is 0. The lowest BCUT2D eigenvalue weighted by Gasteiger charge is -2.26. The number of carbonyl (C=O) groups is 2. The smallest absolute Gasteiger partial charge is 0.256 e. The molecule has 1 aromatic rings. The van der Waals surface area contributed by atoms with Gasteiger partial charge in [0.25, 0.3) is 5.91 Å². The number of nitrogens with zero attached hydrogens (tertiary/aromatic N) is 2. The van der Waals surface area contributed by atoms with Crippen molar-refractivity contribution in [3.05, 3.63) is 28.2 Å². The minimum absolute atomic E-state index is 0.00223. The first-order chi connectivity index (χ1) is 12.1. The highest BCUT2D eigenvalue weighted by Crippen LogP contribution is 2.34. The number of carbonyl (C=O) groups excluding carboxylic acids is 2. The summed E-state index contributed by atoms with van der Waals surface area (Å²) in [6.45, 7) is 3.61. The zero-order valence-electron chi connectivity index (χ0n) is 15.0. The highest BCUT2D eigenvalue weighted by Gasteiger charge is 2.41. The summed E-state index contributed by atoms with van der Waals surface area (Å²) >= 11 is 3.46. The molecule has 1 atom stereocenters. The highest BCUT2D eigenvalue weighted by molar-refractivity contribution is 9.10. The fourth-order valence-corrected chi connectivity index (χ4v) is 4.28. The highest BCUT2D eigenvalue weighted by atomic mass is 79.9. The Labute approximate surface area is 158 Å². The zero-order valence-corrected chi connectivity index (χ0v) is 16.6. The van der Waals surface area contributed by atoms with Crippen molar-refractivity contribution in [1.82, 2.24) is 4.90 Å². The first kappa shape index (κ1) is 18.4. The van der Waals surface area contributed by atoms with Crippen molar-refractivity contribution >= 4 is 33.4 Å². The summed E-state index contributed by atoms with van der Waals surface area (Å²) in [6, 6.07) is 5.41. The van der Waals surface area contributed by atoms with Crippen LogP contribution in [0.25, 0.3) is 0 Å². The lowest BCUT2D eigenvalue weighted by atomic mass is 10.1. The van der Waals surface area contributed by atoms with Gasteiger partial charge in [-0.1, -0.05) is 55.0 Å². The maximum atomic E-state index is 13.1. The molecule has 2 amide bonds. The van der Waals surface area contributed by atoms with E-state index in [4.69, 9.17) is 0 Å². The molecule has 2 aliphatic heterocycles. The van der Waals surface area contributed by atoms with Crippen molar-refractivity contribution < 1.29 is 9.59 Å². The molecule has 25 heavy (non-hydrogen) atoms. The number of hydrogen-bond donors (Lipinski definition) is 0. The molecule has 1 aromatic carbocycles. The van der Waals surface area contributed by atoms with Crippen LogP contribution >= 0.6 is 15.9 Å². The number of hydrogen-bond acceptors (Lipinski definition) is 2. The van der Waals surface area contributed by atoms with E-state index in [0.29, 0.717) is 18.7 Å². The molecule has 1 saturated heterocycles. The van der Waals surface area contributed by atoms with E-state index in [2.05, 4.69) is 22.9 Å². The van der Waals surface area contributed by atoms with Gasteiger partial charge in [-0.25, -0.2) is 0 Å². The molecule has 0 aliphatic carbocycles. The monoisotopic (exact) mass is 406 g/mol. The van der Waals surface area contributed by atoms with E-state index in [1.54, 1.807) is 4.90 Å². The lowest BCUT2D eigenvalue weighted by molar-refractivity contribution is -0.122. The summed E-state index contributed by atoms with van der Waals surface area (Å²) in [5.74, 6) is 0.0954. The Kier molecular flexibility index (Phi) is 6.15. The number of rotatable bonds is 7. The lowest BCUT2D eigenvalue weighted by Crippen LogP contribution is -2.45. The number of halogens is 1. The van der Waals surface area contributed by atoms with Crippen molar-refractivity contribution in [2.75, 3.05) is 18.0 Å². The standard InChI is InChI=1S/C20H27BrN2O2/c1-2-3-4-5-6-7-12-22-17-11-10-15(21)14-16(17)19(24)23-13-8-9-18(23)20(22)25/h10-11,14,18H,2-9,12-13H2,1H3/t18-/m0/s1. The predicted octanol–water partition coefficient (Wildman–Crippen LogP) is 4.76. The van der Waals surface area contributed by atoms with E-state index in [-0.39, 0.29) is 17.9 Å². The van der Waals surface area contributed by atoms with E-state index < -0.39 is 0 Å². The maximum Gasteiger partial charge on any atom is 0.256 e. The van der Waals surface area contributed by atoms with Crippen molar-refractivity contribution in [2.45, 2.75) is 64.3 Å². The Balaban J connectivity index is 1.79. The molecule has 0 saturated carbocycles. The van der Waals surface area contributed by atoms with Gasteiger partial charge in [0.15, 0.2) is 0 Å². The topological polar surface area (TPSA) is 40.6 Å². The molecular weight excluding hydrogens is 380 g/mol. The van der Waals surface area contributed by atoms with E-state index in [0.717, 1.165) is 35.8 Å². The molecule has 136 valence electrons. The molecule has 2 heterocycles. The van der Waals surface area contributed by atoms with Crippen molar-refractivity contribution in [3.8, 4) is 0 Å². The van der Waals surface area contributed by atoms with Crippen molar-refractivity contribution in [1.29, 1.82) is 0 Å². The molecule has 0 spiro atoms. The number of anilines is 1. The molecule has 2 aliphatic rings. The molecule has 3 rings (SSSR count). The van der Waals surface area contributed by atoms with Gasteiger partial charge in [0.2, 0.25) is 5.91 Å². The van der Waals surface area contributed by atoms with Crippen LogP contribution in [0.4, 0.5) is 5.69 Å². The summed E-state index contributed by atoms with van der Waals surface area (Å²) < 4.78 is 0.879. The summed E-state index contributed by atoms with van der Waals surface area (Å²) in [4.78, 5) is 29.7. The van der Waals surface area contributed by atoms with Gasteiger partial charge in [-0.05, 0) is 37.5 Å². The van der Waals surface area contributed by atoms with Gasteiger partial charge in [0, 0.05) is 17.6 Å². The molecule has 0 radical (unpaired) electrons. The van der Waals surface area contributed by atoms with Gasteiger partial charge in [0.05, 0.1) is 11.3 Å². The van der Waals surface area contributed by atoms with Gasteiger partial charge >= 0.3 is 0 Å². The van der Waals surface area contributed by atoms with E-state index in [1.165, 1.54) is 25.7 Å². The number of unbranched alkanes of at least 4 members (excludes halogenated alkanes) is 5. The summed E-state index contributed by atoms with van der Waals surface area (Å²) in [7, 11) is 0. The third-order valence-electron chi connectivity index (χ3n) is 5.28. The van der Waals surface area contributed by atoms with Crippen LogP contribution in [0.1, 0.15) is 68.6 Å². The average molecular weight is 407 g/mol. The van der Waals surface area contributed by atoms with Gasteiger partial charge in [-0.2, -0.15) is 0 Å². The van der Waals surface area contributed by atoms with E-state index in [1.807, 2.05) is 23.1 Å². The minimum atomic E-state index is -0.279. The molecule has 0 bridgehead atoms. The van der Waals surface area contributed by atoms with Gasteiger partial charge in [0.1, 0.15) is 6.04 Å². The summed E-state index contributed by atoms with van der Waals surface area (Å²) in [5.41, 5.74) is 1.43. The van der Waals surface area contributed by atoms with Gasteiger partial charge < -0.3 is 9.80 Å². The first-order valence-electron chi connectivity index (χ1n) is 9.55. The second-order valence-corrected chi connectivity index (χ2v) is 7.99. The average Bonchev–Trinajstić information content (AvgIpc) is 3.07. The first-order valence-corrected chi connectivity index (χ1v) is 10.3. The quantitative estimate of drug-likeness (QED) is 0.612. The zero-order chi connectivity index (χ0) is 17.8. The van der Waals surface area contributed by atoms with Crippen molar-refractivity contribution in [3.63, 3.8) is 0 Å². The molecule has 4 nitrogen and oxygen atoms in total. The summed E-state index contributed by atoms with van der Waals surface area (Å²) in [6.07, 6.45) is 8.84. The second kappa shape index (κ2) is 8.35. The molecule has 0 N–H and O–H groups in total. The number of fused-ring (bicyclic) bond motifs is 2. The molecule has 0 unspecified atom stereocenters. The fraction of sp³-hybridized carbons (Fsp3) is 0.600. The van der Waals surface area contributed by atoms with Gasteiger partial charge in [-0.3, -0.25) is 9.59 Å². The Morgan fingerprint density at radius 2 is 1.88 bits per heavy atom. The Bertz CT molecular complexity index is 647. The maximum absolute atomic E-state index is 13.1. The van der Waals surface area contributed by atoms with E-state index >= 15 is 0 Å². The third kappa shape index (κ3) is 3.91. The number of benzene rings is 1. The van der Waals surface area contributed by atoms with Crippen molar-refractivity contribution in [2.24, 2.45) is 0 Å². The third-order valence-corrected chi connectivity index (χ3v) is 5.77. The van der Waals surface area contributed by atoms with E-state index in [9.17, 15) is 9.59 Å². The van der Waals surface area contributed by atoms with Crippen LogP contribution in [0.5, 0.6) is 0 Å². The van der Waals surface area contributed by atoms with Crippen LogP contribution in [0.2, 0.25) is 0 Å².